The van der Waals surface area contributed by atoms with Gasteiger partial charge in [0.25, 0.3) is 0 Å². The van der Waals surface area contributed by atoms with Gasteiger partial charge in [0, 0.05) is 20.3 Å². The fraction of sp³-hybridized carbons (Fsp3) is 0.846. The van der Waals surface area contributed by atoms with Crippen molar-refractivity contribution in [3.8, 4) is 12.3 Å². The van der Waals surface area contributed by atoms with Crippen molar-refractivity contribution >= 4 is 0 Å². The largest absolute Gasteiger partial charge is 0.375 e. The average molecular weight is 242 g/mol. The van der Waals surface area contributed by atoms with E-state index in [2.05, 4.69) is 5.92 Å². The molecule has 98 valence electrons. The number of rotatable bonds is 5. The van der Waals surface area contributed by atoms with Gasteiger partial charge >= 0.3 is 0 Å². The van der Waals surface area contributed by atoms with Crippen LogP contribution in [-0.4, -0.2) is 50.8 Å². The topological polar surface area (TPSA) is 36.9 Å². The van der Waals surface area contributed by atoms with Gasteiger partial charge in [-0.15, -0.1) is 6.42 Å². The number of ether oxygens (including phenoxy) is 4. The molecule has 4 heteroatoms. The van der Waals surface area contributed by atoms with Crippen molar-refractivity contribution in [1.29, 1.82) is 0 Å². The Morgan fingerprint density at radius 3 is 2.18 bits per heavy atom. The van der Waals surface area contributed by atoms with E-state index >= 15 is 0 Å². The summed E-state index contributed by atoms with van der Waals surface area (Å²) in [6.07, 6.45) is 4.36. The van der Waals surface area contributed by atoms with E-state index in [1.807, 2.05) is 20.8 Å². The Morgan fingerprint density at radius 1 is 1.12 bits per heavy atom. The van der Waals surface area contributed by atoms with Crippen molar-refractivity contribution in [2.24, 2.45) is 0 Å². The molecule has 4 nitrogen and oxygen atoms in total. The summed E-state index contributed by atoms with van der Waals surface area (Å²) in [5, 5.41) is 0. The molecule has 0 radical (unpaired) electrons. The second-order valence-electron chi connectivity index (χ2n) is 3.97. The fourth-order valence-corrected chi connectivity index (χ4v) is 2.21. The Morgan fingerprint density at radius 2 is 1.71 bits per heavy atom. The van der Waals surface area contributed by atoms with Crippen LogP contribution in [0.3, 0.4) is 0 Å². The van der Waals surface area contributed by atoms with Crippen molar-refractivity contribution in [2.45, 2.75) is 51.3 Å². The van der Waals surface area contributed by atoms with E-state index in [0.29, 0.717) is 13.2 Å². The third-order valence-electron chi connectivity index (χ3n) is 2.92. The normalized spacial score (nSPS) is 37.7. The summed E-state index contributed by atoms with van der Waals surface area (Å²) in [7, 11) is 1.61. The number of methoxy groups -OCH3 is 1. The van der Waals surface area contributed by atoms with Gasteiger partial charge in [0.15, 0.2) is 0 Å². The molecule has 0 aromatic heterocycles. The van der Waals surface area contributed by atoms with Crippen molar-refractivity contribution in [2.75, 3.05) is 20.3 Å². The van der Waals surface area contributed by atoms with Gasteiger partial charge in [0.05, 0.1) is 6.10 Å². The van der Waals surface area contributed by atoms with Crippen LogP contribution >= 0.6 is 0 Å². The van der Waals surface area contributed by atoms with Gasteiger partial charge in [-0.3, -0.25) is 0 Å². The molecule has 1 aliphatic rings. The SMILES string of the molecule is C#C[C@@H]1OC(C)[C@H](OCC)[C@@H](OCC)[C@H]1OC. The smallest absolute Gasteiger partial charge is 0.147 e. The first kappa shape index (κ1) is 14.5. The first-order valence-electron chi connectivity index (χ1n) is 6.07. The molecule has 17 heavy (non-hydrogen) atoms. The summed E-state index contributed by atoms with van der Waals surface area (Å²) in [6, 6.07) is 0. The molecule has 1 heterocycles. The summed E-state index contributed by atoms with van der Waals surface area (Å²) in [4.78, 5) is 0. The summed E-state index contributed by atoms with van der Waals surface area (Å²) in [5.74, 6) is 2.60. The van der Waals surface area contributed by atoms with Gasteiger partial charge in [0.2, 0.25) is 0 Å². The highest BCUT2D eigenvalue weighted by Crippen LogP contribution is 2.27. The van der Waals surface area contributed by atoms with E-state index in [-0.39, 0.29) is 30.5 Å². The summed E-state index contributed by atoms with van der Waals surface area (Å²) < 4.78 is 22.5. The van der Waals surface area contributed by atoms with Crippen LogP contribution in [0.5, 0.6) is 0 Å². The van der Waals surface area contributed by atoms with Gasteiger partial charge in [-0.2, -0.15) is 0 Å². The molecule has 0 aromatic carbocycles. The van der Waals surface area contributed by atoms with Crippen LogP contribution in [0.25, 0.3) is 0 Å². The molecule has 0 amide bonds. The van der Waals surface area contributed by atoms with Crippen LogP contribution in [0.4, 0.5) is 0 Å². The van der Waals surface area contributed by atoms with E-state index in [1.165, 1.54) is 0 Å². The lowest BCUT2D eigenvalue weighted by Gasteiger charge is -2.43. The molecule has 0 N–H and O–H groups in total. The van der Waals surface area contributed by atoms with Gasteiger partial charge in [-0.1, -0.05) is 5.92 Å². The van der Waals surface area contributed by atoms with Crippen molar-refractivity contribution in [1.82, 2.24) is 0 Å². The molecule has 1 fully saturated rings. The van der Waals surface area contributed by atoms with Crippen LogP contribution < -0.4 is 0 Å². The molecule has 5 atom stereocenters. The standard InChI is InChI=1S/C13H22O4/c1-6-10-12(14-5)13(16-8-3)11(15-7-2)9(4)17-10/h1,9-13H,7-8H2,2-5H3/t9?,10-,11-,12-,13+/m0/s1. The first-order valence-corrected chi connectivity index (χ1v) is 6.07. The van der Waals surface area contributed by atoms with Crippen LogP contribution in [0.15, 0.2) is 0 Å². The summed E-state index contributed by atoms with van der Waals surface area (Å²) >= 11 is 0. The minimum atomic E-state index is -0.386. The Kier molecular flexibility index (Phi) is 5.93. The Hall–Kier alpha value is -0.600. The Labute approximate surface area is 104 Å². The van der Waals surface area contributed by atoms with E-state index < -0.39 is 0 Å². The lowest BCUT2D eigenvalue weighted by molar-refractivity contribution is -0.234. The third-order valence-corrected chi connectivity index (χ3v) is 2.92. The maximum Gasteiger partial charge on any atom is 0.147 e. The van der Waals surface area contributed by atoms with Crippen LogP contribution in [0.2, 0.25) is 0 Å². The number of hydrogen-bond acceptors (Lipinski definition) is 4. The second kappa shape index (κ2) is 6.97. The fourth-order valence-electron chi connectivity index (χ4n) is 2.21. The molecular formula is C13H22O4. The molecule has 0 saturated carbocycles. The highest BCUT2D eigenvalue weighted by atomic mass is 16.6. The minimum absolute atomic E-state index is 0.0982. The predicted octanol–water partition coefficient (Wildman–Crippen LogP) is 1.23. The zero-order chi connectivity index (χ0) is 12.8. The molecule has 0 bridgehead atoms. The number of hydrogen-bond donors (Lipinski definition) is 0. The Bertz CT molecular complexity index is 261. The van der Waals surface area contributed by atoms with Crippen LogP contribution in [0, 0.1) is 12.3 Å². The quantitative estimate of drug-likeness (QED) is 0.680. The predicted molar refractivity (Wildman–Crippen MR) is 64.8 cm³/mol. The highest BCUT2D eigenvalue weighted by Gasteiger charge is 2.45. The highest BCUT2D eigenvalue weighted by molar-refractivity contribution is 5.07. The van der Waals surface area contributed by atoms with Crippen LogP contribution in [-0.2, 0) is 18.9 Å². The lowest BCUT2D eigenvalue weighted by Crippen LogP contribution is -2.58. The van der Waals surface area contributed by atoms with Gasteiger partial charge in [-0.05, 0) is 20.8 Å². The zero-order valence-electron chi connectivity index (χ0n) is 11.0. The second-order valence-corrected chi connectivity index (χ2v) is 3.97. The molecular weight excluding hydrogens is 220 g/mol. The Balaban J connectivity index is 2.86. The molecule has 0 aromatic rings. The summed E-state index contributed by atoms with van der Waals surface area (Å²) in [5.41, 5.74) is 0. The van der Waals surface area contributed by atoms with E-state index in [9.17, 15) is 0 Å². The van der Waals surface area contributed by atoms with E-state index in [4.69, 9.17) is 25.4 Å². The maximum atomic E-state index is 5.73. The van der Waals surface area contributed by atoms with Gasteiger partial charge in [-0.25, -0.2) is 0 Å². The number of terminal acetylenes is 1. The maximum absolute atomic E-state index is 5.73. The van der Waals surface area contributed by atoms with Gasteiger partial charge in [0.1, 0.15) is 24.4 Å². The monoisotopic (exact) mass is 242 g/mol. The molecule has 1 unspecified atom stereocenters. The molecule has 0 aliphatic carbocycles. The van der Waals surface area contributed by atoms with Crippen molar-refractivity contribution in [3.05, 3.63) is 0 Å². The molecule has 1 saturated heterocycles. The summed E-state index contributed by atoms with van der Waals surface area (Å²) in [6.45, 7) is 7.05. The minimum Gasteiger partial charge on any atom is -0.375 e. The van der Waals surface area contributed by atoms with E-state index in [1.54, 1.807) is 7.11 Å². The zero-order valence-corrected chi connectivity index (χ0v) is 11.0. The van der Waals surface area contributed by atoms with E-state index in [0.717, 1.165) is 0 Å². The average Bonchev–Trinajstić information content (AvgIpc) is 2.33. The lowest BCUT2D eigenvalue weighted by atomic mass is 9.95. The van der Waals surface area contributed by atoms with Crippen molar-refractivity contribution < 1.29 is 18.9 Å². The molecule has 1 rings (SSSR count). The molecule has 0 spiro atoms. The molecule has 1 aliphatic heterocycles. The van der Waals surface area contributed by atoms with Crippen LogP contribution in [0.1, 0.15) is 20.8 Å². The van der Waals surface area contributed by atoms with Gasteiger partial charge < -0.3 is 18.9 Å². The first-order chi connectivity index (χ1) is 8.19. The van der Waals surface area contributed by atoms with Crippen molar-refractivity contribution in [3.63, 3.8) is 0 Å². The third kappa shape index (κ3) is 3.20.